The van der Waals surface area contributed by atoms with Gasteiger partial charge in [-0.2, -0.15) is 0 Å². The standard InChI is InChI=1S/C15H23NO3/c1-11-4-5-12(2)13(8-11)9-14(10-15(18)19)16-6-3-7-17/h4-5,8,14,16-17H,3,6-7,9-10H2,1-2H3,(H,18,19). The summed E-state index contributed by atoms with van der Waals surface area (Å²) in [6.45, 7) is 4.84. The predicted molar refractivity (Wildman–Crippen MR) is 75.4 cm³/mol. The molecule has 106 valence electrons. The van der Waals surface area contributed by atoms with Crippen LogP contribution in [0.1, 0.15) is 29.5 Å². The van der Waals surface area contributed by atoms with Crippen molar-refractivity contribution < 1.29 is 15.0 Å². The highest BCUT2D eigenvalue weighted by molar-refractivity contribution is 5.67. The van der Waals surface area contributed by atoms with E-state index < -0.39 is 5.97 Å². The monoisotopic (exact) mass is 265 g/mol. The molecule has 0 saturated heterocycles. The number of aliphatic hydroxyl groups is 1. The molecule has 0 aliphatic heterocycles. The number of aryl methyl sites for hydroxylation is 2. The number of hydrogen-bond acceptors (Lipinski definition) is 3. The summed E-state index contributed by atoms with van der Waals surface area (Å²) in [5, 5.41) is 20.9. The topological polar surface area (TPSA) is 69.6 Å². The Bertz CT molecular complexity index is 418. The molecule has 1 unspecified atom stereocenters. The number of carbonyl (C=O) groups is 1. The molecule has 1 atom stereocenters. The van der Waals surface area contributed by atoms with Crippen LogP contribution in [0.2, 0.25) is 0 Å². The van der Waals surface area contributed by atoms with Gasteiger partial charge in [-0.25, -0.2) is 0 Å². The number of carboxylic acids is 1. The number of hydrogen-bond donors (Lipinski definition) is 3. The quantitative estimate of drug-likeness (QED) is 0.625. The molecule has 3 N–H and O–H groups in total. The Hall–Kier alpha value is -1.39. The van der Waals surface area contributed by atoms with Gasteiger partial charge in [0.1, 0.15) is 0 Å². The van der Waals surface area contributed by atoms with Crippen molar-refractivity contribution in [3.05, 3.63) is 34.9 Å². The van der Waals surface area contributed by atoms with Crippen LogP contribution in [0.25, 0.3) is 0 Å². The minimum absolute atomic E-state index is 0.0930. The molecule has 0 aliphatic rings. The van der Waals surface area contributed by atoms with Gasteiger partial charge >= 0.3 is 5.97 Å². The molecule has 1 rings (SSSR count). The van der Waals surface area contributed by atoms with Crippen molar-refractivity contribution in [3.8, 4) is 0 Å². The lowest BCUT2D eigenvalue weighted by Gasteiger charge is -2.18. The van der Waals surface area contributed by atoms with Gasteiger partial charge in [0.25, 0.3) is 0 Å². The summed E-state index contributed by atoms with van der Waals surface area (Å²) in [6.07, 6.45) is 1.44. The van der Waals surface area contributed by atoms with Crippen LogP contribution in [-0.2, 0) is 11.2 Å². The average Bonchev–Trinajstić information content (AvgIpc) is 2.33. The van der Waals surface area contributed by atoms with E-state index in [1.54, 1.807) is 0 Å². The SMILES string of the molecule is Cc1ccc(C)c(CC(CC(=O)O)NCCCO)c1. The fraction of sp³-hybridized carbons (Fsp3) is 0.533. The van der Waals surface area contributed by atoms with E-state index in [9.17, 15) is 4.79 Å². The van der Waals surface area contributed by atoms with Crippen LogP contribution in [0.5, 0.6) is 0 Å². The summed E-state index contributed by atoms with van der Waals surface area (Å²) in [5.41, 5.74) is 3.55. The van der Waals surface area contributed by atoms with E-state index in [0.717, 1.165) is 0 Å². The average molecular weight is 265 g/mol. The van der Waals surface area contributed by atoms with E-state index >= 15 is 0 Å². The molecule has 0 bridgehead atoms. The second kappa shape index (κ2) is 7.92. The maximum atomic E-state index is 10.9. The molecular weight excluding hydrogens is 242 g/mol. The highest BCUT2D eigenvalue weighted by atomic mass is 16.4. The third kappa shape index (κ3) is 5.85. The van der Waals surface area contributed by atoms with Crippen LogP contribution in [0.3, 0.4) is 0 Å². The lowest BCUT2D eigenvalue weighted by Crippen LogP contribution is -2.34. The fourth-order valence-corrected chi connectivity index (χ4v) is 2.10. The molecule has 0 spiro atoms. The van der Waals surface area contributed by atoms with Crippen LogP contribution in [-0.4, -0.2) is 35.4 Å². The summed E-state index contributed by atoms with van der Waals surface area (Å²) in [5.74, 6) is -0.799. The first-order valence-corrected chi connectivity index (χ1v) is 6.65. The van der Waals surface area contributed by atoms with E-state index in [-0.39, 0.29) is 19.1 Å². The van der Waals surface area contributed by atoms with Crippen molar-refractivity contribution in [2.24, 2.45) is 0 Å². The van der Waals surface area contributed by atoms with Gasteiger partial charge < -0.3 is 15.5 Å². The maximum Gasteiger partial charge on any atom is 0.304 e. The van der Waals surface area contributed by atoms with Crippen molar-refractivity contribution in [1.82, 2.24) is 5.32 Å². The highest BCUT2D eigenvalue weighted by Crippen LogP contribution is 2.14. The summed E-state index contributed by atoms with van der Waals surface area (Å²) in [6, 6.07) is 6.14. The zero-order chi connectivity index (χ0) is 14.3. The minimum atomic E-state index is -0.799. The fourth-order valence-electron chi connectivity index (χ4n) is 2.10. The van der Waals surface area contributed by atoms with Gasteiger partial charge in [0.15, 0.2) is 0 Å². The molecule has 0 aromatic heterocycles. The van der Waals surface area contributed by atoms with E-state index in [4.69, 9.17) is 10.2 Å². The van der Waals surface area contributed by atoms with E-state index in [2.05, 4.69) is 23.5 Å². The lowest BCUT2D eigenvalue weighted by molar-refractivity contribution is -0.137. The molecule has 0 amide bonds. The minimum Gasteiger partial charge on any atom is -0.481 e. The normalized spacial score (nSPS) is 12.4. The third-order valence-electron chi connectivity index (χ3n) is 3.16. The van der Waals surface area contributed by atoms with E-state index in [0.29, 0.717) is 19.4 Å². The van der Waals surface area contributed by atoms with Crippen molar-refractivity contribution >= 4 is 5.97 Å². The molecule has 0 heterocycles. The van der Waals surface area contributed by atoms with Gasteiger partial charge in [0.2, 0.25) is 0 Å². The van der Waals surface area contributed by atoms with E-state index in [1.807, 2.05) is 13.8 Å². The van der Waals surface area contributed by atoms with Crippen LogP contribution in [0.15, 0.2) is 18.2 Å². The first-order valence-electron chi connectivity index (χ1n) is 6.65. The van der Waals surface area contributed by atoms with E-state index in [1.165, 1.54) is 16.7 Å². The summed E-state index contributed by atoms with van der Waals surface area (Å²) >= 11 is 0. The molecule has 19 heavy (non-hydrogen) atoms. The number of aliphatic hydroxyl groups excluding tert-OH is 1. The Morgan fingerprint density at radius 1 is 1.37 bits per heavy atom. The number of aliphatic carboxylic acids is 1. The van der Waals surface area contributed by atoms with Crippen LogP contribution >= 0.6 is 0 Å². The van der Waals surface area contributed by atoms with Crippen molar-refractivity contribution in [1.29, 1.82) is 0 Å². The molecule has 0 fully saturated rings. The second-order valence-corrected chi connectivity index (χ2v) is 4.96. The largest absolute Gasteiger partial charge is 0.481 e. The Balaban J connectivity index is 2.69. The Morgan fingerprint density at radius 2 is 2.11 bits per heavy atom. The molecule has 0 aliphatic carbocycles. The van der Waals surface area contributed by atoms with Crippen LogP contribution in [0, 0.1) is 13.8 Å². The smallest absolute Gasteiger partial charge is 0.304 e. The second-order valence-electron chi connectivity index (χ2n) is 4.96. The molecule has 4 nitrogen and oxygen atoms in total. The van der Waals surface area contributed by atoms with Gasteiger partial charge in [0.05, 0.1) is 6.42 Å². The molecule has 4 heteroatoms. The Morgan fingerprint density at radius 3 is 2.74 bits per heavy atom. The molecular formula is C15H23NO3. The van der Waals surface area contributed by atoms with Gasteiger partial charge in [-0.1, -0.05) is 23.8 Å². The van der Waals surface area contributed by atoms with Crippen molar-refractivity contribution in [2.75, 3.05) is 13.2 Å². The lowest BCUT2D eigenvalue weighted by atomic mass is 9.97. The molecule has 1 aromatic rings. The summed E-state index contributed by atoms with van der Waals surface area (Å²) in [7, 11) is 0. The third-order valence-corrected chi connectivity index (χ3v) is 3.16. The van der Waals surface area contributed by atoms with Crippen LogP contribution in [0.4, 0.5) is 0 Å². The van der Waals surface area contributed by atoms with Crippen molar-refractivity contribution in [2.45, 2.75) is 39.2 Å². The zero-order valence-electron chi connectivity index (χ0n) is 11.6. The number of rotatable bonds is 8. The van der Waals surface area contributed by atoms with Gasteiger partial charge in [-0.05, 0) is 44.4 Å². The van der Waals surface area contributed by atoms with Crippen molar-refractivity contribution in [3.63, 3.8) is 0 Å². The Labute approximate surface area is 114 Å². The molecule has 0 radical (unpaired) electrons. The first-order chi connectivity index (χ1) is 9.02. The van der Waals surface area contributed by atoms with Crippen LogP contribution < -0.4 is 5.32 Å². The number of nitrogens with one attached hydrogen (secondary N) is 1. The van der Waals surface area contributed by atoms with Gasteiger partial charge in [-0.15, -0.1) is 0 Å². The number of carboxylic acid groups (broad SMARTS) is 1. The first kappa shape index (κ1) is 15.7. The van der Waals surface area contributed by atoms with Gasteiger partial charge in [-0.3, -0.25) is 4.79 Å². The molecule has 0 saturated carbocycles. The Kier molecular flexibility index (Phi) is 6.53. The summed E-state index contributed by atoms with van der Waals surface area (Å²) < 4.78 is 0. The summed E-state index contributed by atoms with van der Waals surface area (Å²) in [4.78, 5) is 10.9. The number of benzene rings is 1. The molecule has 1 aromatic carbocycles. The maximum absolute atomic E-state index is 10.9. The zero-order valence-corrected chi connectivity index (χ0v) is 11.6. The predicted octanol–water partition coefficient (Wildman–Crippen LogP) is 1.66. The van der Waals surface area contributed by atoms with Gasteiger partial charge in [0, 0.05) is 12.6 Å². The highest BCUT2D eigenvalue weighted by Gasteiger charge is 2.14.